The molecule has 1 aromatic heterocycles. The number of nitrogens with one attached hydrogen (secondary N) is 2. The molecule has 1 fully saturated rings. The Bertz CT molecular complexity index is 769. The van der Waals surface area contributed by atoms with Gasteiger partial charge in [0.2, 0.25) is 5.82 Å². The van der Waals surface area contributed by atoms with Crippen LogP contribution in [0.3, 0.4) is 0 Å². The molecule has 27 heavy (non-hydrogen) atoms. The van der Waals surface area contributed by atoms with Crippen molar-refractivity contribution in [3.05, 3.63) is 41.7 Å². The molecule has 7 nitrogen and oxygen atoms in total. The minimum absolute atomic E-state index is 0.0510. The van der Waals surface area contributed by atoms with Crippen molar-refractivity contribution in [3.8, 4) is 5.69 Å². The number of aromatic nitrogens is 3. The van der Waals surface area contributed by atoms with Crippen molar-refractivity contribution in [2.75, 3.05) is 39.3 Å². The third-order valence-electron chi connectivity index (χ3n) is 4.55. The number of hydrogen-bond acceptors (Lipinski definition) is 5. The molecule has 8 heteroatoms. The predicted molar refractivity (Wildman–Crippen MR) is 102 cm³/mol. The van der Waals surface area contributed by atoms with Crippen LogP contribution in [0.2, 0.25) is 0 Å². The SMILES string of the molecule is CC(C)c1nc(C(=O)NCCCN2CCNCC2)nn1-c1cccc(F)c1. The van der Waals surface area contributed by atoms with Crippen LogP contribution in [0.4, 0.5) is 4.39 Å². The van der Waals surface area contributed by atoms with E-state index in [1.165, 1.54) is 12.1 Å². The van der Waals surface area contributed by atoms with Crippen molar-refractivity contribution in [2.45, 2.75) is 26.2 Å². The van der Waals surface area contributed by atoms with Crippen LogP contribution < -0.4 is 10.6 Å². The molecule has 1 aromatic carbocycles. The van der Waals surface area contributed by atoms with Crippen LogP contribution >= 0.6 is 0 Å². The van der Waals surface area contributed by atoms with Crippen molar-refractivity contribution < 1.29 is 9.18 Å². The zero-order chi connectivity index (χ0) is 19.2. The van der Waals surface area contributed by atoms with E-state index < -0.39 is 0 Å². The van der Waals surface area contributed by atoms with E-state index in [2.05, 4.69) is 25.6 Å². The van der Waals surface area contributed by atoms with Gasteiger partial charge >= 0.3 is 0 Å². The molecule has 146 valence electrons. The monoisotopic (exact) mass is 374 g/mol. The number of piperazine rings is 1. The molecule has 1 aliphatic rings. The first-order valence-electron chi connectivity index (χ1n) is 9.49. The van der Waals surface area contributed by atoms with Crippen molar-refractivity contribution >= 4 is 5.91 Å². The third kappa shape index (κ3) is 5.11. The summed E-state index contributed by atoms with van der Waals surface area (Å²) < 4.78 is 15.1. The number of carbonyl (C=O) groups is 1. The zero-order valence-corrected chi connectivity index (χ0v) is 15.9. The molecule has 0 atom stereocenters. The van der Waals surface area contributed by atoms with Gasteiger partial charge < -0.3 is 15.5 Å². The van der Waals surface area contributed by atoms with Gasteiger partial charge in [0.1, 0.15) is 11.6 Å². The molecule has 0 spiro atoms. The molecule has 3 rings (SSSR count). The van der Waals surface area contributed by atoms with E-state index in [0.717, 1.165) is 39.1 Å². The van der Waals surface area contributed by atoms with Gasteiger partial charge in [0.25, 0.3) is 5.91 Å². The minimum Gasteiger partial charge on any atom is -0.349 e. The van der Waals surface area contributed by atoms with E-state index in [0.29, 0.717) is 18.1 Å². The van der Waals surface area contributed by atoms with Gasteiger partial charge in [-0.1, -0.05) is 19.9 Å². The van der Waals surface area contributed by atoms with Crippen LogP contribution in [0.1, 0.15) is 42.6 Å². The summed E-state index contributed by atoms with van der Waals surface area (Å²) in [4.78, 5) is 19.2. The lowest BCUT2D eigenvalue weighted by molar-refractivity contribution is 0.0941. The highest BCUT2D eigenvalue weighted by Crippen LogP contribution is 2.18. The first-order chi connectivity index (χ1) is 13.0. The molecule has 0 radical (unpaired) electrons. The first-order valence-corrected chi connectivity index (χ1v) is 9.49. The minimum atomic E-state index is -0.350. The van der Waals surface area contributed by atoms with Gasteiger partial charge in [0.05, 0.1) is 5.69 Å². The maximum Gasteiger partial charge on any atom is 0.290 e. The largest absolute Gasteiger partial charge is 0.349 e. The lowest BCUT2D eigenvalue weighted by atomic mass is 10.2. The number of rotatable bonds is 7. The molecule has 0 saturated carbocycles. The molecule has 0 aliphatic carbocycles. The Morgan fingerprint density at radius 2 is 2.11 bits per heavy atom. The third-order valence-corrected chi connectivity index (χ3v) is 4.55. The summed E-state index contributed by atoms with van der Waals surface area (Å²) >= 11 is 0. The molecule has 2 aromatic rings. The van der Waals surface area contributed by atoms with E-state index in [4.69, 9.17) is 0 Å². The number of hydrogen-bond donors (Lipinski definition) is 2. The lowest BCUT2D eigenvalue weighted by Gasteiger charge is -2.26. The summed E-state index contributed by atoms with van der Waals surface area (Å²) in [7, 11) is 0. The van der Waals surface area contributed by atoms with Crippen LogP contribution in [0.25, 0.3) is 5.69 Å². The zero-order valence-electron chi connectivity index (χ0n) is 15.9. The maximum absolute atomic E-state index is 13.6. The van der Waals surface area contributed by atoms with Gasteiger partial charge in [-0.05, 0) is 31.2 Å². The topological polar surface area (TPSA) is 75.1 Å². The summed E-state index contributed by atoms with van der Waals surface area (Å²) in [5, 5.41) is 10.5. The number of nitrogens with zero attached hydrogens (tertiary/aromatic N) is 4. The fourth-order valence-electron chi connectivity index (χ4n) is 3.11. The summed E-state index contributed by atoms with van der Waals surface area (Å²) in [5.74, 6) is 0.149. The highest BCUT2D eigenvalue weighted by atomic mass is 19.1. The fourth-order valence-corrected chi connectivity index (χ4v) is 3.11. The Kier molecular flexibility index (Phi) is 6.52. The van der Waals surface area contributed by atoms with Crippen molar-refractivity contribution in [3.63, 3.8) is 0 Å². The standard InChI is InChI=1S/C19H27FN6O/c1-14(2)18-23-17(24-26(18)16-6-3-5-15(20)13-16)19(27)22-7-4-10-25-11-8-21-9-12-25/h3,5-6,13-14,21H,4,7-12H2,1-2H3,(H,22,27). The lowest BCUT2D eigenvalue weighted by Crippen LogP contribution is -2.44. The highest BCUT2D eigenvalue weighted by molar-refractivity contribution is 5.90. The van der Waals surface area contributed by atoms with Crippen LogP contribution in [0, 0.1) is 5.82 Å². The highest BCUT2D eigenvalue weighted by Gasteiger charge is 2.19. The average Bonchev–Trinajstić information content (AvgIpc) is 3.12. The molecule has 2 N–H and O–H groups in total. The maximum atomic E-state index is 13.6. The normalized spacial score (nSPS) is 15.3. The Balaban J connectivity index is 1.62. The van der Waals surface area contributed by atoms with Crippen molar-refractivity contribution in [1.29, 1.82) is 0 Å². The van der Waals surface area contributed by atoms with Gasteiger partial charge in [-0.3, -0.25) is 4.79 Å². The van der Waals surface area contributed by atoms with Crippen LogP contribution in [0.15, 0.2) is 24.3 Å². The number of amides is 1. The number of benzene rings is 1. The van der Waals surface area contributed by atoms with Crippen molar-refractivity contribution in [2.24, 2.45) is 0 Å². The quantitative estimate of drug-likeness (QED) is 0.720. The molecule has 1 amide bonds. The molecule has 0 unspecified atom stereocenters. The van der Waals surface area contributed by atoms with E-state index in [9.17, 15) is 9.18 Å². The molecular formula is C19H27FN6O. The van der Waals surface area contributed by atoms with Gasteiger partial charge in [-0.25, -0.2) is 14.1 Å². The van der Waals surface area contributed by atoms with Gasteiger partial charge in [0, 0.05) is 38.6 Å². The molecule has 0 bridgehead atoms. The van der Waals surface area contributed by atoms with E-state index in [1.54, 1.807) is 16.8 Å². The average molecular weight is 374 g/mol. The Morgan fingerprint density at radius 3 is 2.81 bits per heavy atom. The second-order valence-electron chi connectivity index (χ2n) is 7.04. The number of halogens is 1. The Morgan fingerprint density at radius 1 is 1.33 bits per heavy atom. The Labute approximate surface area is 159 Å². The summed E-state index contributed by atoms with van der Waals surface area (Å²) in [6, 6.07) is 6.13. The van der Waals surface area contributed by atoms with Crippen LogP contribution in [0.5, 0.6) is 0 Å². The molecule has 2 heterocycles. The van der Waals surface area contributed by atoms with E-state index >= 15 is 0 Å². The Hall–Kier alpha value is -2.32. The summed E-state index contributed by atoms with van der Waals surface area (Å²) in [6.45, 7) is 9.61. The second-order valence-corrected chi connectivity index (χ2v) is 7.04. The van der Waals surface area contributed by atoms with Crippen molar-refractivity contribution in [1.82, 2.24) is 30.3 Å². The second kappa shape index (κ2) is 9.05. The summed E-state index contributed by atoms with van der Waals surface area (Å²) in [6.07, 6.45) is 0.882. The van der Waals surface area contributed by atoms with E-state index in [-0.39, 0.29) is 23.5 Å². The van der Waals surface area contributed by atoms with Crippen LogP contribution in [-0.4, -0.2) is 64.8 Å². The van der Waals surface area contributed by atoms with Gasteiger partial charge in [0.15, 0.2) is 0 Å². The van der Waals surface area contributed by atoms with Gasteiger partial charge in [-0.2, -0.15) is 0 Å². The number of carbonyl (C=O) groups excluding carboxylic acids is 1. The predicted octanol–water partition coefficient (Wildman–Crippen LogP) is 1.55. The fraction of sp³-hybridized carbons (Fsp3) is 0.526. The smallest absolute Gasteiger partial charge is 0.290 e. The van der Waals surface area contributed by atoms with E-state index in [1.807, 2.05) is 13.8 Å². The van der Waals surface area contributed by atoms with Crippen LogP contribution in [-0.2, 0) is 0 Å². The molecule has 1 saturated heterocycles. The first kappa shape index (κ1) is 19.4. The molecule has 1 aliphatic heterocycles. The van der Waals surface area contributed by atoms with Gasteiger partial charge in [-0.15, -0.1) is 5.10 Å². The summed E-state index contributed by atoms with van der Waals surface area (Å²) in [5.41, 5.74) is 0.559. The molecular weight excluding hydrogens is 347 g/mol.